The van der Waals surface area contributed by atoms with Crippen molar-refractivity contribution in [3.05, 3.63) is 69.7 Å². The number of halogens is 3. The van der Waals surface area contributed by atoms with Gasteiger partial charge >= 0.3 is 0 Å². The minimum Gasteiger partial charge on any atom is -0.306 e. The molecule has 0 amide bonds. The van der Waals surface area contributed by atoms with Gasteiger partial charge in [-0.3, -0.25) is 0 Å². The molecule has 1 nitrogen and oxygen atoms in total. The Labute approximate surface area is 122 Å². The second-order valence-corrected chi connectivity index (χ2v) is 5.02. The van der Waals surface area contributed by atoms with Crippen LogP contribution in [0.4, 0.5) is 8.78 Å². The standard InChI is InChI=1S/C16H16ClF2N/c1-3-20-16(11-6-4-5-7-13(11)17)12-9-8-10(2)14(18)15(12)19/h4-9,16,20H,3H2,1-2H3. The maximum Gasteiger partial charge on any atom is 0.164 e. The van der Waals surface area contributed by atoms with E-state index < -0.39 is 17.7 Å². The summed E-state index contributed by atoms with van der Waals surface area (Å²) in [6, 6.07) is 9.90. The molecule has 1 unspecified atom stereocenters. The van der Waals surface area contributed by atoms with Crippen LogP contribution in [0, 0.1) is 18.6 Å². The van der Waals surface area contributed by atoms with E-state index in [0.29, 0.717) is 17.1 Å². The molecule has 0 heterocycles. The summed E-state index contributed by atoms with van der Waals surface area (Å²) >= 11 is 6.17. The Hall–Kier alpha value is -1.45. The number of hydrogen-bond acceptors (Lipinski definition) is 1. The fourth-order valence-corrected chi connectivity index (χ4v) is 2.43. The SMILES string of the molecule is CCNC(c1ccccc1Cl)c1ccc(C)c(F)c1F. The number of rotatable bonds is 4. The summed E-state index contributed by atoms with van der Waals surface area (Å²) in [7, 11) is 0. The van der Waals surface area contributed by atoms with E-state index in [-0.39, 0.29) is 5.56 Å². The zero-order valence-corrected chi connectivity index (χ0v) is 12.1. The average Bonchev–Trinajstić information content (AvgIpc) is 2.44. The van der Waals surface area contributed by atoms with Gasteiger partial charge in [-0.1, -0.05) is 48.9 Å². The Morgan fingerprint density at radius 2 is 1.75 bits per heavy atom. The Bertz CT molecular complexity index is 613. The number of aryl methyl sites for hydroxylation is 1. The summed E-state index contributed by atoms with van der Waals surface area (Å²) in [5, 5.41) is 3.68. The van der Waals surface area contributed by atoms with Gasteiger partial charge in [0.15, 0.2) is 11.6 Å². The molecule has 4 heteroatoms. The summed E-state index contributed by atoms with van der Waals surface area (Å²) in [4.78, 5) is 0. The summed E-state index contributed by atoms with van der Waals surface area (Å²) in [6.07, 6.45) is 0. The van der Waals surface area contributed by atoms with Gasteiger partial charge < -0.3 is 5.32 Å². The van der Waals surface area contributed by atoms with Crippen molar-refractivity contribution in [2.45, 2.75) is 19.9 Å². The van der Waals surface area contributed by atoms with Crippen molar-refractivity contribution in [3.63, 3.8) is 0 Å². The highest BCUT2D eigenvalue weighted by atomic mass is 35.5. The van der Waals surface area contributed by atoms with Gasteiger partial charge in [0, 0.05) is 10.6 Å². The lowest BCUT2D eigenvalue weighted by molar-refractivity contribution is 0.478. The number of benzene rings is 2. The summed E-state index contributed by atoms with van der Waals surface area (Å²) in [6.45, 7) is 4.07. The van der Waals surface area contributed by atoms with E-state index in [0.717, 1.165) is 5.56 Å². The predicted molar refractivity (Wildman–Crippen MR) is 78.1 cm³/mol. The Kier molecular flexibility index (Phi) is 4.73. The topological polar surface area (TPSA) is 12.0 Å². The second-order valence-electron chi connectivity index (χ2n) is 4.61. The largest absolute Gasteiger partial charge is 0.306 e. The van der Waals surface area contributed by atoms with Gasteiger partial charge in [-0.15, -0.1) is 0 Å². The summed E-state index contributed by atoms with van der Waals surface area (Å²) in [5.41, 5.74) is 1.29. The molecule has 1 atom stereocenters. The Balaban J connectivity index is 2.55. The van der Waals surface area contributed by atoms with Crippen molar-refractivity contribution in [1.82, 2.24) is 5.32 Å². The summed E-state index contributed by atoms with van der Waals surface area (Å²) in [5.74, 6) is -1.63. The van der Waals surface area contributed by atoms with E-state index >= 15 is 0 Å². The molecule has 0 aliphatic carbocycles. The smallest absolute Gasteiger partial charge is 0.164 e. The molecule has 2 aromatic rings. The first-order chi connectivity index (χ1) is 9.56. The van der Waals surface area contributed by atoms with Crippen LogP contribution in [0.15, 0.2) is 36.4 Å². The van der Waals surface area contributed by atoms with Gasteiger partial charge in [-0.2, -0.15) is 0 Å². The van der Waals surface area contributed by atoms with Crippen LogP contribution in [-0.4, -0.2) is 6.54 Å². The highest BCUT2D eigenvalue weighted by Gasteiger charge is 2.22. The fourth-order valence-electron chi connectivity index (χ4n) is 2.18. The van der Waals surface area contributed by atoms with E-state index in [4.69, 9.17) is 11.6 Å². The van der Waals surface area contributed by atoms with Crippen molar-refractivity contribution in [3.8, 4) is 0 Å². The van der Waals surface area contributed by atoms with Crippen LogP contribution >= 0.6 is 11.6 Å². The van der Waals surface area contributed by atoms with Crippen LogP contribution in [0.1, 0.15) is 29.7 Å². The van der Waals surface area contributed by atoms with Crippen LogP contribution in [0.2, 0.25) is 5.02 Å². The minimum absolute atomic E-state index is 0.267. The van der Waals surface area contributed by atoms with Crippen LogP contribution in [0.25, 0.3) is 0 Å². The first-order valence-electron chi connectivity index (χ1n) is 6.48. The lowest BCUT2D eigenvalue weighted by Crippen LogP contribution is -2.23. The van der Waals surface area contributed by atoms with Gasteiger partial charge in [0.1, 0.15) is 0 Å². The molecule has 0 aliphatic heterocycles. The molecule has 0 fully saturated rings. The average molecular weight is 296 g/mol. The van der Waals surface area contributed by atoms with Crippen molar-refractivity contribution < 1.29 is 8.78 Å². The fraction of sp³-hybridized carbons (Fsp3) is 0.250. The maximum absolute atomic E-state index is 14.2. The molecule has 0 saturated carbocycles. The molecule has 0 bridgehead atoms. The molecule has 0 spiro atoms. The van der Waals surface area contributed by atoms with E-state index in [9.17, 15) is 8.78 Å². The van der Waals surface area contributed by atoms with E-state index in [1.54, 1.807) is 31.2 Å². The molecule has 20 heavy (non-hydrogen) atoms. The van der Waals surface area contributed by atoms with Gasteiger partial charge in [0.05, 0.1) is 6.04 Å². The van der Waals surface area contributed by atoms with Crippen molar-refractivity contribution in [1.29, 1.82) is 0 Å². The second kappa shape index (κ2) is 6.33. The first kappa shape index (κ1) is 14.9. The molecule has 0 aliphatic rings. The third-order valence-electron chi connectivity index (χ3n) is 3.24. The third kappa shape index (κ3) is 2.84. The third-order valence-corrected chi connectivity index (χ3v) is 3.58. The molecular formula is C16H16ClF2N. The Morgan fingerprint density at radius 3 is 2.40 bits per heavy atom. The molecule has 0 radical (unpaired) electrons. The van der Waals surface area contributed by atoms with Gasteiger partial charge in [0.2, 0.25) is 0 Å². The quantitative estimate of drug-likeness (QED) is 0.867. The van der Waals surface area contributed by atoms with Crippen LogP contribution in [0.5, 0.6) is 0 Å². The van der Waals surface area contributed by atoms with Gasteiger partial charge in [-0.05, 0) is 30.7 Å². The molecule has 2 aromatic carbocycles. The highest BCUT2D eigenvalue weighted by Crippen LogP contribution is 2.31. The highest BCUT2D eigenvalue weighted by molar-refractivity contribution is 6.31. The van der Waals surface area contributed by atoms with Gasteiger partial charge in [-0.25, -0.2) is 8.78 Å². The van der Waals surface area contributed by atoms with E-state index in [2.05, 4.69) is 5.32 Å². The summed E-state index contributed by atoms with van der Waals surface area (Å²) < 4.78 is 28.0. The van der Waals surface area contributed by atoms with Crippen molar-refractivity contribution in [2.75, 3.05) is 6.54 Å². The zero-order valence-electron chi connectivity index (χ0n) is 11.4. The lowest BCUT2D eigenvalue weighted by Gasteiger charge is -2.21. The minimum atomic E-state index is -0.823. The first-order valence-corrected chi connectivity index (χ1v) is 6.86. The monoisotopic (exact) mass is 295 g/mol. The molecule has 1 N–H and O–H groups in total. The lowest BCUT2D eigenvalue weighted by atomic mass is 9.96. The van der Waals surface area contributed by atoms with Gasteiger partial charge in [0.25, 0.3) is 0 Å². The molecule has 2 rings (SSSR count). The predicted octanol–water partition coefficient (Wildman–Crippen LogP) is 4.63. The molecular weight excluding hydrogens is 280 g/mol. The van der Waals surface area contributed by atoms with Crippen molar-refractivity contribution in [2.24, 2.45) is 0 Å². The Morgan fingerprint density at radius 1 is 1.05 bits per heavy atom. The maximum atomic E-state index is 14.2. The number of nitrogens with one attached hydrogen (secondary N) is 1. The van der Waals surface area contributed by atoms with E-state index in [1.165, 1.54) is 0 Å². The van der Waals surface area contributed by atoms with Crippen LogP contribution in [-0.2, 0) is 0 Å². The number of hydrogen-bond donors (Lipinski definition) is 1. The molecule has 0 saturated heterocycles. The molecule has 0 aromatic heterocycles. The zero-order chi connectivity index (χ0) is 14.7. The molecule has 106 valence electrons. The van der Waals surface area contributed by atoms with E-state index in [1.807, 2.05) is 19.1 Å². The van der Waals surface area contributed by atoms with Crippen LogP contribution in [0.3, 0.4) is 0 Å². The van der Waals surface area contributed by atoms with Crippen molar-refractivity contribution >= 4 is 11.6 Å². The normalized spacial score (nSPS) is 12.4. The van der Waals surface area contributed by atoms with Crippen LogP contribution < -0.4 is 5.32 Å².